The van der Waals surface area contributed by atoms with E-state index in [-0.39, 0.29) is 0 Å². The molecule has 0 bridgehead atoms. The van der Waals surface area contributed by atoms with E-state index in [1.165, 1.54) is 76.8 Å². The number of hydrogen-bond acceptors (Lipinski definition) is 0. The summed E-state index contributed by atoms with van der Waals surface area (Å²) < 4.78 is 0. The van der Waals surface area contributed by atoms with Crippen LogP contribution in [0.4, 0.5) is 0 Å². The van der Waals surface area contributed by atoms with Crippen molar-refractivity contribution in [3.63, 3.8) is 0 Å². The highest BCUT2D eigenvalue weighted by molar-refractivity contribution is 6.32. The molecule has 2 aliphatic rings. The summed E-state index contributed by atoms with van der Waals surface area (Å²) in [6, 6.07) is 31.9. The number of benzene rings is 6. The van der Waals surface area contributed by atoms with Crippen LogP contribution in [0, 0.1) is 0 Å². The zero-order valence-electron chi connectivity index (χ0n) is 16.5. The predicted molar refractivity (Wildman–Crippen MR) is 127 cm³/mol. The molecule has 0 heterocycles. The Hall–Kier alpha value is -3.64. The lowest BCUT2D eigenvalue weighted by Gasteiger charge is -2.19. The van der Waals surface area contributed by atoms with Crippen LogP contribution in [-0.2, 0) is 12.8 Å². The maximum atomic E-state index is 2.35. The van der Waals surface area contributed by atoms with Crippen molar-refractivity contribution >= 4 is 32.3 Å². The molecule has 0 aromatic heterocycles. The summed E-state index contributed by atoms with van der Waals surface area (Å²) in [5.41, 5.74) is 11.7. The molecule has 0 amide bonds. The highest BCUT2D eigenvalue weighted by Crippen LogP contribution is 2.53. The van der Waals surface area contributed by atoms with Crippen LogP contribution in [-0.4, -0.2) is 0 Å². The summed E-state index contributed by atoms with van der Waals surface area (Å²) in [4.78, 5) is 0. The average molecular weight is 378 g/mol. The predicted octanol–water partition coefficient (Wildman–Crippen LogP) is 7.73. The Morgan fingerprint density at radius 2 is 0.833 bits per heavy atom. The van der Waals surface area contributed by atoms with Gasteiger partial charge in [-0.25, -0.2) is 0 Å². The molecule has 0 saturated heterocycles. The van der Waals surface area contributed by atoms with Crippen LogP contribution in [0.25, 0.3) is 54.6 Å². The summed E-state index contributed by atoms with van der Waals surface area (Å²) in [5, 5.41) is 8.66. The molecule has 2 aliphatic carbocycles. The molecule has 0 unspecified atom stereocenters. The third kappa shape index (κ3) is 1.63. The van der Waals surface area contributed by atoms with Gasteiger partial charge in [-0.15, -0.1) is 0 Å². The first kappa shape index (κ1) is 15.2. The van der Waals surface area contributed by atoms with Crippen molar-refractivity contribution in [1.29, 1.82) is 0 Å². The van der Waals surface area contributed by atoms with E-state index in [4.69, 9.17) is 0 Å². The lowest BCUT2D eigenvalue weighted by Crippen LogP contribution is -1.94. The van der Waals surface area contributed by atoms with Gasteiger partial charge in [0.05, 0.1) is 0 Å². The van der Waals surface area contributed by atoms with Crippen LogP contribution >= 0.6 is 0 Å². The van der Waals surface area contributed by atoms with E-state index in [0.717, 1.165) is 12.8 Å². The third-order valence-electron chi connectivity index (χ3n) is 7.48. The van der Waals surface area contributed by atoms with Crippen molar-refractivity contribution in [1.82, 2.24) is 0 Å². The Morgan fingerprint density at radius 1 is 0.400 bits per heavy atom. The average Bonchev–Trinajstić information content (AvgIpc) is 3.38. The summed E-state index contributed by atoms with van der Waals surface area (Å²) in [7, 11) is 0. The van der Waals surface area contributed by atoms with Crippen molar-refractivity contribution in [2.24, 2.45) is 0 Å². The fourth-order valence-electron chi connectivity index (χ4n) is 6.36. The zero-order valence-corrected chi connectivity index (χ0v) is 16.5. The standard InChI is InChI=1S/C30H18/c1-3-9-19-17(7-1)15-25-21-11-5-12-22-26-16-18-8-2-4-10-20(18)28(26)24-14-6-13-23(27(19)25)30(24)29(21)22/h1-14H,15-16H2. The Balaban J connectivity index is 1.68. The van der Waals surface area contributed by atoms with Crippen molar-refractivity contribution < 1.29 is 0 Å². The molecule has 0 spiro atoms. The molecule has 6 aromatic carbocycles. The second-order valence-electron chi connectivity index (χ2n) is 8.83. The summed E-state index contributed by atoms with van der Waals surface area (Å²) in [6.45, 7) is 0. The van der Waals surface area contributed by atoms with E-state index in [1.807, 2.05) is 0 Å². The minimum Gasteiger partial charge on any atom is -0.0619 e. The first-order valence-corrected chi connectivity index (χ1v) is 10.8. The Bertz CT molecular complexity index is 1560. The van der Waals surface area contributed by atoms with Gasteiger partial charge in [0.2, 0.25) is 0 Å². The highest BCUT2D eigenvalue weighted by Gasteiger charge is 2.29. The molecular weight excluding hydrogens is 360 g/mol. The van der Waals surface area contributed by atoms with Crippen LogP contribution in [0.15, 0.2) is 84.9 Å². The second kappa shape index (κ2) is 5.09. The van der Waals surface area contributed by atoms with Gasteiger partial charge in [-0.2, -0.15) is 0 Å². The third-order valence-corrected chi connectivity index (χ3v) is 7.48. The SMILES string of the molecule is c1ccc2c(c1)Cc1c-2c2cccc3c4c(c5cccc1c5c23)Cc1ccccc1-4. The van der Waals surface area contributed by atoms with Crippen LogP contribution in [0.1, 0.15) is 22.3 Å². The highest BCUT2D eigenvalue weighted by atomic mass is 14.3. The van der Waals surface area contributed by atoms with Gasteiger partial charge in [0.1, 0.15) is 0 Å². The molecule has 0 radical (unpaired) electrons. The maximum Gasteiger partial charge on any atom is -0.000705 e. The lowest BCUT2D eigenvalue weighted by atomic mass is 9.83. The minimum atomic E-state index is 1.04. The maximum absolute atomic E-state index is 2.35. The summed E-state index contributed by atoms with van der Waals surface area (Å²) in [6.07, 6.45) is 2.08. The molecule has 30 heavy (non-hydrogen) atoms. The van der Waals surface area contributed by atoms with E-state index in [1.54, 1.807) is 0 Å². The van der Waals surface area contributed by atoms with Gasteiger partial charge in [-0.05, 0) is 89.7 Å². The van der Waals surface area contributed by atoms with Crippen molar-refractivity contribution in [2.75, 3.05) is 0 Å². The largest absolute Gasteiger partial charge is 0.0619 e. The molecule has 0 fully saturated rings. The van der Waals surface area contributed by atoms with Crippen molar-refractivity contribution in [3.8, 4) is 22.3 Å². The number of rotatable bonds is 0. The minimum absolute atomic E-state index is 1.04. The smallest absolute Gasteiger partial charge is 0.000705 e. The van der Waals surface area contributed by atoms with Gasteiger partial charge in [-0.3, -0.25) is 0 Å². The van der Waals surface area contributed by atoms with E-state index >= 15 is 0 Å². The zero-order chi connectivity index (χ0) is 19.4. The molecule has 0 N–H and O–H groups in total. The van der Waals surface area contributed by atoms with Crippen LogP contribution in [0.3, 0.4) is 0 Å². The summed E-state index contributed by atoms with van der Waals surface area (Å²) in [5.74, 6) is 0. The molecule has 8 rings (SSSR count). The Kier molecular flexibility index (Phi) is 2.59. The monoisotopic (exact) mass is 378 g/mol. The van der Waals surface area contributed by atoms with Gasteiger partial charge in [0.25, 0.3) is 0 Å². The van der Waals surface area contributed by atoms with Gasteiger partial charge in [-0.1, -0.05) is 84.9 Å². The van der Waals surface area contributed by atoms with Crippen LogP contribution in [0.2, 0.25) is 0 Å². The van der Waals surface area contributed by atoms with Gasteiger partial charge in [0.15, 0.2) is 0 Å². The molecule has 0 nitrogen and oxygen atoms in total. The molecule has 6 aromatic rings. The van der Waals surface area contributed by atoms with Crippen molar-refractivity contribution in [2.45, 2.75) is 12.8 Å². The first-order chi connectivity index (χ1) is 14.9. The number of fused-ring (bicyclic) bond motifs is 10. The first-order valence-electron chi connectivity index (χ1n) is 10.8. The van der Waals surface area contributed by atoms with Gasteiger partial charge in [0, 0.05) is 0 Å². The Morgan fingerprint density at radius 3 is 1.37 bits per heavy atom. The van der Waals surface area contributed by atoms with E-state index in [0.29, 0.717) is 0 Å². The lowest BCUT2D eigenvalue weighted by molar-refractivity contribution is 1.28. The van der Waals surface area contributed by atoms with Gasteiger partial charge < -0.3 is 0 Å². The van der Waals surface area contributed by atoms with Crippen molar-refractivity contribution in [3.05, 3.63) is 107 Å². The summed E-state index contributed by atoms with van der Waals surface area (Å²) >= 11 is 0. The van der Waals surface area contributed by atoms with Crippen LogP contribution in [0.5, 0.6) is 0 Å². The molecular formula is C30H18. The van der Waals surface area contributed by atoms with Gasteiger partial charge >= 0.3 is 0 Å². The molecule has 0 aliphatic heterocycles. The Labute approximate surface area is 174 Å². The normalized spacial score (nSPS) is 13.7. The molecule has 0 atom stereocenters. The van der Waals surface area contributed by atoms with E-state index < -0.39 is 0 Å². The second-order valence-corrected chi connectivity index (χ2v) is 8.83. The fraction of sp³-hybridized carbons (Fsp3) is 0.0667. The molecule has 138 valence electrons. The molecule has 0 heteroatoms. The number of hydrogen-bond donors (Lipinski definition) is 0. The van der Waals surface area contributed by atoms with Crippen LogP contribution < -0.4 is 0 Å². The fourth-order valence-corrected chi connectivity index (χ4v) is 6.36. The molecule has 0 saturated carbocycles. The van der Waals surface area contributed by atoms with E-state index in [2.05, 4.69) is 84.9 Å². The van der Waals surface area contributed by atoms with E-state index in [9.17, 15) is 0 Å². The topological polar surface area (TPSA) is 0 Å². The quantitative estimate of drug-likeness (QED) is 0.237.